The molecule has 2 aliphatic heterocycles. The molecule has 2 fully saturated rings. The number of carbonyl (C=O) groups excluding carboxylic acids is 2. The minimum Gasteiger partial charge on any atom is -0.380 e. The Morgan fingerprint density at radius 2 is 1.95 bits per heavy atom. The van der Waals surface area contributed by atoms with Gasteiger partial charge in [-0.2, -0.15) is 5.26 Å². The maximum absolute atomic E-state index is 13.7. The number of nitriles is 1. The summed E-state index contributed by atoms with van der Waals surface area (Å²) in [5.74, 6) is -0.425. The number of nitrogens with one attached hydrogen (secondary N) is 2. The standard InChI is InChI=1S/C28H29FN6O2/c1-18-7-8-23-25(10-9-24(27(23)31-18)28(37)33-20-5-3-2-4-6-20)32-21-11-12-34(16-21)17-26(36)35-15-19(29)13-22(35)14-30/h2-10,19,21-22,32H,11-13,15-17H2,1H3,(H,33,37)/t19-,21-,22-/m0/s1. The number of aryl methyl sites for hydroxylation is 1. The van der Waals surface area contributed by atoms with Crippen LogP contribution in [0.15, 0.2) is 54.6 Å². The monoisotopic (exact) mass is 500 g/mol. The van der Waals surface area contributed by atoms with Crippen LogP contribution in [0.2, 0.25) is 0 Å². The summed E-state index contributed by atoms with van der Waals surface area (Å²) in [4.78, 5) is 33.9. The fourth-order valence-corrected chi connectivity index (χ4v) is 5.12. The predicted molar refractivity (Wildman–Crippen MR) is 140 cm³/mol. The van der Waals surface area contributed by atoms with Crippen LogP contribution in [-0.2, 0) is 4.79 Å². The average molecular weight is 501 g/mol. The Bertz CT molecular complexity index is 1360. The van der Waals surface area contributed by atoms with Crippen molar-refractivity contribution in [1.82, 2.24) is 14.8 Å². The van der Waals surface area contributed by atoms with Crippen LogP contribution < -0.4 is 10.6 Å². The van der Waals surface area contributed by atoms with E-state index in [1.807, 2.05) is 66.4 Å². The topological polar surface area (TPSA) is 101 Å². The summed E-state index contributed by atoms with van der Waals surface area (Å²) in [6.07, 6.45) is -0.214. The van der Waals surface area contributed by atoms with E-state index in [2.05, 4.69) is 15.6 Å². The first-order chi connectivity index (χ1) is 17.9. The van der Waals surface area contributed by atoms with Crippen molar-refractivity contribution in [3.05, 3.63) is 65.9 Å². The molecular weight excluding hydrogens is 471 g/mol. The highest BCUT2D eigenvalue weighted by Gasteiger charge is 2.36. The number of likely N-dealkylation sites (tertiary alicyclic amines) is 2. The number of anilines is 2. The fraction of sp³-hybridized carbons (Fsp3) is 0.357. The molecular formula is C28H29FN6O2. The van der Waals surface area contributed by atoms with Gasteiger partial charge in [0.05, 0.1) is 30.2 Å². The Labute approximate surface area is 215 Å². The summed E-state index contributed by atoms with van der Waals surface area (Å²) < 4.78 is 13.7. The van der Waals surface area contributed by atoms with Gasteiger partial charge in [-0.15, -0.1) is 0 Å². The first-order valence-electron chi connectivity index (χ1n) is 12.5. The van der Waals surface area contributed by atoms with Crippen molar-refractivity contribution in [3.8, 4) is 6.07 Å². The van der Waals surface area contributed by atoms with Crippen molar-refractivity contribution < 1.29 is 14.0 Å². The van der Waals surface area contributed by atoms with Crippen LogP contribution >= 0.6 is 0 Å². The third-order valence-corrected chi connectivity index (χ3v) is 6.98. The van der Waals surface area contributed by atoms with E-state index in [1.165, 1.54) is 4.90 Å². The van der Waals surface area contributed by atoms with Gasteiger partial charge in [0.25, 0.3) is 5.91 Å². The molecule has 0 aliphatic carbocycles. The number of fused-ring (bicyclic) bond motifs is 1. The molecule has 0 saturated carbocycles. The highest BCUT2D eigenvalue weighted by molar-refractivity contribution is 6.13. The SMILES string of the molecule is Cc1ccc2c(N[C@H]3CCN(CC(=O)N4C[C@@H](F)C[C@H]4C#N)C3)ccc(C(=O)Nc3ccccc3)c2n1. The molecule has 2 saturated heterocycles. The molecule has 1 aromatic heterocycles. The van der Waals surface area contributed by atoms with E-state index < -0.39 is 12.2 Å². The molecule has 9 heteroatoms. The minimum atomic E-state index is -1.13. The number of hydrogen-bond donors (Lipinski definition) is 2. The Morgan fingerprint density at radius 1 is 1.14 bits per heavy atom. The molecule has 2 aliphatic rings. The molecule has 0 radical (unpaired) electrons. The van der Waals surface area contributed by atoms with Crippen LogP contribution in [0.25, 0.3) is 10.9 Å². The molecule has 0 bridgehead atoms. The number of halogens is 1. The lowest BCUT2D eigenvalue weighted by atomic mass is 10.1. The van der Waals surface area contributed by atoms with Gasteiger partial charge in [-0.1, -0.05) is 18.2 Å². The number of rotatable bonds is 6. The number of hydrogen-bond acceptors (Lipinski definition) is 6. The number of nitrogens with zero attached hydrogens (tertiary/aromatic N) is 4. The lowest BCUT2D eigenvalue weighted by Crippen LogP contribution is -2.42. The van der Waals surface area contributed by atoms with Crippen molar-refractivity contribution in [2.45, 2.75) is 38.0 Å². The van der Waals surface area contributed by atoms with E-state index in [-0.39, 0.29) is 37.4 Å². The zero-order valence-electron chi connectivity index (χ0n) is 20.7. The molecule has 5 rings (SSSR count). The van der Waals surface area contributed by atoms with Gasteiger partial charge in [-0.05, 0) is 49.7 Å². The van der Waals surface area contributed by atoms with Crippen molar-refractivity contribution >= 4 is 34.1 Å². The molecule has 8 nitrogen and oxygen atoms in total. The van der Waals surface area contributed by atoms with E-state index in [0.717, 1.165) is 29.7 Å². The molecule has 37 heavy (non-hydrogen) atoms. The predicted octanol–water partition coefficient (Wildman–Crippen LogP) is 3.74. The number of carbonyl (C=O) groups is 2. The first-order valence-corrected chi connectivity index (χ1v) is 12.5. The van der Waals surface area contributed by atoms with Gasteiger partial charge in [-0.3, -0.25) is 19.5 Å². The Hall–Kier alpha value is -4.03. The van der Waals surface area contributed by atoms with Gasteiger partial charge >= 0.3 is 0 Å². The maximum Gasteiger partial charge on any atom is 0.257 e. The van der Waals surface area contributed by atoms with Gasteiger partial charge in [0.1, 0.15) is 12.2 Å². The van der Waals surface area contributed by atoms with Crippen LogP contribution in [0.3, 0.4) is 0 Å². The average Bonchev–Trinajstić information content (AvgIpc) is 3.50. The van der Waals surface area contributed by atoms with Gasteiger partial charge in [0, 0.05) is 48.0 Å². The summed E-state index contributed by atoms with van der Waals surface area (Å²) in [5.41, 5.74) is 3.53. The Morgan fingerprint density at radius 3 is 2.73 bits per heavy atom. The second-order valence-electron chi connectivity index (χ2n) is 9.72. The quantitative estimate of drug-likeness (QED) is 0.535. The van der Waals surface area contributed by atoms with E-state index >= 15 is 0 Å². The number of alkyl halides is 1. The number of benzene rings is 2. The molecule has 3 heterocycles. The molecule has 190 valence electrons. The van der Waals surface area contributed by atoms with Crippen LogP contribution in [0, 0.1) is 18.3 Å². The summed E-state index contributed by atoms with van der Waals surface area (Å²) in [5, 5.41) is 16.6. The summed E-state index contributed by atoms with van der Waals surface area (Å²) >= 11 is 0. The van der Waals surface area contributed by atoms with Crippen molar-refractivity contribution in [3.63, 3.8) is 0 Å². The van der Waals surface area contributed by atoms with Gasteiger partial charge in [0.15, 0.2) is 0 Å². The molecule has 3 atom stereocenters. The molecule has 0 unspecified atom stereocenters. The zero-order valence-corrected chi connectivity index (χ0v) is 20.7. The van der Waals surface area contributed by atoms with Gasteiger partial charge in [0.2, 0.25) is 5.91 Å². The van der Waals surface area contributed by atoms with Gasteiger partial charge < -0.3 is 15.5 Å². The van der Waals surface area contributed by atoms with Crippen molar-refractivity contribution in [2.75, 3.05) is 36.8 Å². The molecule has 2 N–H and O–H groups in total. The minimum absolute atomic E-state index is 0.00478. The van der Waals surface area contributed by atoms with E-state index in [9.17, 15) is 19.2 Å². The van der Waals surface area contributed by atoms with Crippen molar-refractivity contribution in [2.24, 2.45) is 0 Å². The molecule has 3 aromatic rings. The normalized spacial score (nSPS) is 21.6. The zero-order chi connectivity index (χ0) is 25.9. The molecule has 2 aromatic carbocycles. The second kappa shape index (κ2) is 10.5. The summed E-state index contributed by atoms with van der Waals surface area (Å²) in [7, 11) is 0. The Kier molecular flexibility index (Phi) is 7.01. The number of amides is 2. The van der Waals surface area contributed by atoms with E-state index in [1.54, 1.807) is 6.07 Å². The Balaban J connectivity index is 1.28. The molecule has 0 spiro atoms. The second-order valence-corrected chi connectivity index (χ2v) is 9.72. The van der Waals surface area contributed by atoms with Crippen LogP contribution in [0.1, 0.15) is 28.9 Å². The van der Waals surface area contributed by atoms with E-state index in [0.29, 0.717) is 23.3 Å². The fourth-order valence-electron chi connectivity index (χ4n) is 5.12. The highest BCUT2D eigenvalue weighted by atomic mass is 19.1. The lowest BCUT2D eigenvalue weighted by Gasteiger charge is -2.23. The number of aromatic nitrogens is 1. The van der Waals surface area contributed by atoms with E-state index in [4.69, 9.17) is 0 Å². The molecule has 2 amide bonds. The number of para-hydroxylation sites is 1. The van der Waals surface area contributed by atoms with Crippen LogP contribution in [0.4, 0.5) is 15.8 Å². The number of pyridine rings is 1. The maximum atomic E-state index is 13.7. The van der Waals surface area contributed by atoms with Crippen molar-refractivity contribution in [1.29, 1.82) is 5.26 Å². The largest absolute Gasteiger partial charge is 0.380 e. The van der Waals surface area contributed by atoms with Gasteiger partial charge in [-0.25, -0.2) is 4.39 Å². The van der Waals surface area contributed by atoms with Crippen LogP contribution in [-0.4, -0.2) is 71.0 Å². The lowest BCUT2D eigenvalue weighted by molar-refractivity contribution is -0.132. The smallest absolute Gasteiger partial charge is 0.257 e. The highest BCUT2D eigenvalue weighted by Crippen LogP contribution is 2.29. The van der Waals surface area contributed by atoms with Crippen LogP contribution in [0.5, 0.6) is 0 Å². The first kappa shape index (κ1) is 24.7. The summed E-state index contributed by atoms with van der Waals surface area (Å²) in [6.45, 7) is 3.43. The third-order valence-electron chi connectivity index (χ3n) is 6.98. The third kappa shape index (κ3) is 5.39. The summed E-state index contributed by atoms with van der Waals surface area (Å²) in [6, 6.07) is 18.3.